The van der Waals surface area contributed by atoms with E-state index in [0.29, 0.717) is 0 Å². The number of ether oxygens (including phenoxy) is 2. The molecule has 3 heteroatoms. The van der Waals surface area contributed by atoms with Crippen LogP contribution in [0.4, 0.5) is 17.1 Å². The van der Waals surface area contributed by atoms with Gasteiger partial charge in [0, 0.05) is 22.5 Å². The third-order valence-corrected chi connectivity index (χ3v) is 7.57. The lowest BCUT2D eigenvalue weighted by atomic mass is 9.74. The predicted molar refractivity (Wildman–Crippen MR) is 152 cm³/mol. The number of rotatable bonds is 6. The van der Waals surface area contributed by atoms with Crippen molar-refractivity contribution in [1.29, 1.82) is 0 Å². The summed E-state index contributed by atoms with van der Waals surface area (Å²) < 4.78 is 10.9. The molecule has 182 valence electrons. The fourth-order valence-corrected chi connectivity index (χ4v) is 5.61. The van der Waals surface area contributed by atoms with Crippen LogP contribution in [-0.4, -0.2) is 14.2 Å². The Bertz CT molecular complexity index is 1490. The molecule has 3 nitrogen and oxygen atoms in total. The maximum Gasteiger partial charge on any atom is 0.119 e. The van der Waals surface area contributed by atoms with E-state index in [1.165, 1.54) is 27.8 Å². The van der Waals surface area contributed by atoms with Gasteiger partial charge in [-0.25, -0.2) is 0 Å². The Morgan fingerprint density at radius 3 is 1.62 bits per heavy atom. The van der Waals surface area contributed by atoms with Crippen LogP contribution < -0.4 is 14.4 Å². The molecule has 0 saturated heterocycles. The molecule has 1 atom stereocenters. The molecule has 0 spiro atoms. The molecule has 0 bridgehead atoms. The molecule has 0 N–H and O–H groups in total. The molecule has 0 radical (unpaired) electrons. The van der Waals surface area contributed by atoms with Crippen molar-refractivity contribution in [2.45, 2.75) is 12.3 Å². The minimum Gasteiger partial charge on any atom is -0.497 e. The number of anilines is 3. The highest BCUT2D eigenvalue weighted by atomic mass is 16.5. The standard InChI is InChI=1S/C34H29NO2/c1-34(24-9-5-4-6-10-24)32-12-8-7-11-30(32)31-22-17-27(23-33(31)34)35(25-13-18-28(36-2)19-14-25)26-15-20-29(37-3)21-16-26/h4-23H,1-3H3. The molecule has 0 aliphatic heterocycles. The molecule has 0 fully saturated rings. The van der Waals surface area contributed by atoms with Gasteiger partial charge in [-0.2, -0.15) is 0 Å². The van der Waals surface area contributed by atoms with Gasteiger partial charge in [-0.1, -0.05) is 60.7 Å². The van der Waals surface area contributed by atoms with Crippen LogP contribution in [0.25, 0.3) is 11.1 Å². The van der Waals surface area contributed by atoms with Crippen molar-refractivity contribution in [3.63, 3.8) is 0 Å². The lowest BCUT2D eigenvalue weighted by Gasteiger charge is -2.31. The molecular weight excluding hydrogens is 454 g/mol. The van der Waals surface area contributed by atoms with Crippen molar-refractivity contribution >= 4 is 17.1 Å². The summed E-state index contributed by atoms with van der Waals surface area (Å²) in [4.78, 5) is 2.29. The Balaban J connectivity index is 1.55. The summed E-state index contributed by atoms with van der Waals surface area (Å²) in [5.41, 5.74) is 9.49. The average Bonchev–Trinajstić information content (AvgIpc) is 3.23. The van der Waals surface area contributed by atoms with Gasteiger partial charge in [0.1, 0.15) is 11.5 Å². The van der Waals surface area contributed by atoms with Gasteiger partial charge < -0.3 is 14.4 Å². The van der Waals surface area contributed by atoms with Crippen molar-refractivity contribution in [1.82, 2.24) is 0 Å². The second kappa shape index (κ2) is 9.18. The summed E-state index contributed by atoms with van der Waals surface area (Å²) >= 11 is 0. The highest BCUT2D eigenvalue weighted by Crippen LogP contribution is 2.53. The molecular formula is C34H29NO2. The second-order valence-corrected chi connectivity index (χ2v) is 9.50. The maximum atomic E-state index is 5.43. The zero-order chi connectivity index (χ0) is 25.4. The van der Waals surface area contributed by atoms with Gasteiger partial charge in [-0.3, -0.25) is 0 Å². The third kappa shape index (κ3) is 3.75. The van der Waals surface area contributed by atoms with E-state index in [9.17, 15) is 0 Å². The Morgan fingerprint density at radius 1 is 0.514 bits per heavy atom. The minimum atomic E-state index is -0.255. The highest BCUT2D eigenvalue weighted by Gasteiger charge is 2.40. The van der Waals surface area contributed by atoms with E-state index in [4.69, 9.17) is 9.47 Å². The van der Waals surface area contributed by atoms with E-state index < -0.39 is 0 Å². The van der Waals surface area contributed by atoms with Crippen LogP contribution in [0.5, 0.6) is 11.5 Å². The monoisotopic (exact) mass is 483 g/mol. The SMILES string of the molecule is COc1ccc(N(c2ccc(OC)cc2)c2ccc3c(c2)C(C)(c2ccccc2)c2ccccc2-3)cc1. The highest BCUT2D eigenvalue weighted by molar-refractivity contribution is 5.87. The molecule has 0 aromatic heterocycles. The van der Waals surface area contributed by atoms with Crippen molar-refractivity contribution in [2.75, 3.05) is 19.1 Å². The number of hydrogen-bond acceptors (Lipinski definition) is 3. The van der Waals surface area contributed by atoms with Gasteiger partial charge in [0.05, 0.1) is 14.2 Å². The van der Waals surface area contributed by atoms with Crippen LogP contribution in [0, 0.1) is 0 Å². The average molecular weight is 484 g/mol. The van der Waals surface area contributed by atoms with Crippen LogP contribution in [0.2, 0.25) is 0 Å². The molecule has 37 heavy (non-hydrogen) atoms. The topological polar surface area (TPSA) is 21.7 Å². The first-order valence-electron chi connectivity index (χ1n) is 12.5. The van der Waals surface area contributed by atoms with Gasteiger partial charge in [0.2, 0.25) is 0 Å². The lowest BCUT2D eigenvalue weighted by molar-refractivity contribution is 0.415. The summed E-state index contributed by atoms with van der Waals surface area (Å²) in [6.45, 7) is 2.35. The first-order valence-corrected chi connectivity index (χ1v) is 12.5. The molecule has 1 aliphatic rings. The van der Waals surface area contributed by atoms with Crippen LogP contribution >= 0.6 is 0 Å². The minimum absolute atomic E-state index is 0.255. The summed E-state index contributed by atoms with van der Waals surface area (Å²) in [7, 11) is 3.39. The lowest BCUT2D eigenvalue weighted by Crippen LogP contribution is -2.22. The number of hydrogen-bond donors (Lipinski definition) is 0. The van der Waals surface area contributed by atoms with Crippen LogP contribution in [0.3, 0.4) is 0 Å². The fourth-order valence-electron chi connectivity index (χ4n) is 5.61. The molecule has 6 rings (SSSR count). The van der Waals surface area contributed by atoms with E-state index in [0.717, 1.165) is 28.6 Å². The van der Waals surface area contributed by atoms with Crippen LogP contribution in [0.15, 0.2) is 121 Å². The molecule has 1 aliphatic carbocycles. The Kier molecular flexibility index (Phi) is 5.69. The summed E-state index contributed by atoms with van der Waals surface area (Å²) in [6.07, 6.45) is 0. The quantitative estimate of drug-likeness (QED) is 0.242. The van der Waals surface area contributed by atoms with E-state index in [1.54, 1.807) is 14.2 Å². The largest absolute Gasteiger partial charge is 0.497 e. The van der Waals surface area contributed by atoms with Crippen molar-refractivity contribution < 1.29 is 9.47 Å². The molecule has 0 amide bonds. The van der Waals surface area contributed by atoms with Crippen LogP contribution in [-0.2, 0) is 5.41 Å². The Morgan fingerprint density at radius 2 is 1.03 bits per heavy atom. The Hall–Kier alpha value is -4.50. The first-order chi connectivity index (χ1) is 18.1. The second-order valence-electron chi connectivity index (χ2n) is 9.50. The molecule has 5 aromatic rings. The summed E-state index contributed by atoms with van der Waals surface area (Å²) in [6, 6.07) is 42.9. The first kappa shape index (κ1) is 22.9. The van der Waals surface area contributed by atoms with E-state index in [1.807, 2.05) is 24.3 Å². The summed E-state index contributed by atoms with van der Waals surface area (Å²) in [5, 5.41) is 0. The molecule has 0 heterocycles. The molecule has 0 saturated carbocycles. The smallest absolute Gasteiger partial charge is 0.119 e. The zero-order valence-electron chi connectivity index (χ0n) is 21.3. The van der Waals surface area contributed by atoms with E-state index in [-0.39, 0.29) is 5.41 Å². The Labute approximate surface area is 218 Å². The van der Waals surface area contributed by atoms with E-state index in [2.05, 4.69) is 109 Å². The normalized spacial score (nSPS) is 15.5. The summed E-state index contributed by atoms with van der Waals surface area (Å²) in [5.74, 6) is 1.67. The molecule has 1 unspecified atom stereocenters. The number of benzene rings is 5. The number of fused-ring (bicyclic) bond motifs is 3. The van der Waals surface area contributed by atoms with Crippen LogP contribution in [0.1, 0.15) is 23.6 Å². The third-order valence-electron chi connectivity index (χ3n) is 7.57. The van der Waals surface area contributed by atoms with Gasteiger partial charge in [-0.15, -0.1) is 0 Å². The molecule has 5 aromatic carbocycles. The van der Waals surface area contributed by atoms with Crippen molar-refractivity contribution in [3.05, 3.63) is 138 Å². The van der Waals surface area contributed by atoms with Crippen molar-refractivity contribution in [2.24, 2.45) is 0 Å². The zero-order valence-corrected chi connectivity index (χ0v) is 21.3. The number of nitrogens with zero attached hydrogens (tertiary/aromatic N) is 1. The van der Waals surface area contributed by atoms with Gasteiger partial charge >= 0.3 is 0 Å². The van der Waals surface area contributed by atoms with E-state index >= 15 is 0 Å². The predicted octanol–water partition coefficient (Wildman–Crippen LogP) is 8.51. The van der Waals surface area contributed by atoms with Gasteiger partial charge in [0.25, 0.3) is 0 Å². The van der Waals surface area contributed by atoms with Gasteiger partial charge in [-0.05, 0) is 95.4 Å². The number of methoxy groups -OCH3 is 2. The fraction of sp³-hybridized carbons (Fsp3) is 0.118. The van der Waals surface area contributed by atoms with Crippen molar-refractivity contribution in [3.8, 4) is 22.6 Å². The van der Waals surface area contributed by atoms with Gasteiger partial charge in [0.15, 0.2) is 0 Å². The maximum absolute atomic E-state index is 5.43.